The van der Waals surface area contributed by atoms with Gasteiger partial charge in [0.1, 0.15) is 0 Å². The third kappa shape index (κ3) is 33.1. The molecule has 0 atom stereocenters. The van der Waals surface area contributed by atoms with Crippen molar-refractivity contribution in [2.45, 2.75) is 187 Å². The fraction of sp³-hybridized carbons (Fsp3) is 0.912. The molecular weight excluding hydrogens is 456 g/mol. The van der Waals surface area contributed by atoms with Crippen molar-refractivity contribution in [3.63, 3.8) is 0 Å². The molecule has 0 saturated heterocycles. The predicted molar refractivity (Wildman–Crippen MR) is 162 cm³/mol. The Bertz CT molecular complexity index is 460. The van der Waals surface area contributed by atoms with Gasteiger partial charge in [-0.1, -0.05) is 154 Å². The van der Waals surface area contributed by atoms with Gasteiger partial charge in [-0.25, -0.2) is 0 Å². The lowest BCUT2D eigenvalue weighted by Gasteiger charge is -2.05. The maximum Gasteiger partial charge on any atom is 0.305 e. The number of allylic oxidation sites excluding steroid dienone is 2. The zero-order valence-corrected chi connectivity index (χ0v) is 25.1. The zero-order chi connectivity index (χ0) is 26.9. The van der Waals surface area contributed by atoms with E-state index in [0.717, 1.165) is 25.7 Å². The molecule has 0 rings (SSSR count). The topological polar surface area (TPSA) is 46.5 Å². The zero-order valence-electron chi connectivity index (χ0n) is 25.1. The third-order valence-electron chi connectivity index (χ3n) is 7.46. The number of unbranched alkanes of at least 4 members (excludes halogenated alkanes) is 24. The van der Waals surface area contributed by atoms with Crippen LogP contribution in [0.5, 0.6) is 0 Å². The number of hydrogen-bond acceptors (Lipinski definition) is 3. The summed E-state index contributed by atoms with van der Waals surface area (Å²) in [5.74, 6) is 0.00750. The van der Waals surface area contributed by atoms with E-state index in [1.54, 1.807) is 0 Å². The van der Waals surface area contributed by atoms with Gasteiger partial charge in [-0.15, -0.1) is 0 Å². The summed E-state index contributed by atoms with van der Waals surface area (Å²) in [5.41, 5.74) is 0. The van der Waals surface area contributed by atoms with E-state index >= 15 is 0 Å². The minimum atomic E-state index is 0.00750. The normalized spacial score (nSPS) is 11.5. The number of carbonyl (C=O) groups excluding carboxylic acids is 1. The van der Waals surface area contributed by atoms with E-state index in [0.29, 0.717) is 19.6 Å². The summed E-state index contributed by atoms with van der Waals surface area (Å²) < 4.78 is 5.41. The first-order chi connectivity index (χ1) is 18.3. The smallest absolute Gasteiger partial charge is 0.305 e. The van der Waals surface area contributed by atoms with E-state index in [1.807, 2.05) is 0 Å². The molecule has 0 heterocycles. The SMILES string of the molecule is CCCCC=CCCCCCCCC(=O)OCCCCCCCCCCCCCCCCCCCCO. The Balaban J connectivity index is 3.15. The molecule has 0 aliphatic rings. The second kappa shape index (κ2) is 33.2. The van der Waals surface area contributed by atoms with Gasteiger partial charge in [0, 0.05) is 13.0 Å². The molecule has 0 spiro atoms. The highest BCUT2D eigenvalue weighted by Crippen LogP contribution is 2.14. The molecule has 0 amide bonds. The maximum atomic E-state index is 11.9. The van der Waals surface area contributed by atoms with Crippen molar-refractivity contribution in [3.8, 4) is 0 Å². The largest absolute Gasteiger partial charge is 0.466 e. The summed E-state index contributed by atoms with van der Waals surface area (Å²) in [6, 6.07) is 0. The summed E-state index contributed by atoms with van der Waals surface area (Å²) in [6.45, 7) is 3.22. The molecule has 0 aromatic rings. The Morgan fingerprint density at radius 2 is 0.892 bits per heavy atom. The molecular formula is C34H66O3. The van der Waals surface area contributed by atoms with Crippen LogP contribution in [0.3, 0.4) is 0 Å². The number of carbonyl (C=O) groups is 1. The predicted octanol–water partition coefficient (Wildman–Crippen LogP) is 11.0. The van der Waals surface area contributed by atoms with Gasteiger partial charge < -0.3 is 9.84 Å². The number of aliphatic hydroxyl groups excluding tert-OH is 1. The molecule has 1 N–H and O–H groups in total. The molecule has 0 bridgehead atoms. The van der Waals surface area contributed by atoms with Gasteiger partial charge in [-0.3, -0.25) is 4.79 Å². The van der Waals surface area contributed by atoms with E-state index in [9.17, 15) is 4.79 Å². The lowest BCUT2D eigenvalue weighted by Crippen LogP contribution is -2.05. The molecule has 0 aliphatic carbocycles. The van der Waals surface area contributed by atoms with Gasteiger partial charge in [0.05, 0.1) is 6.61 Å². The van der Waals surface area contributed by atoms with Gasteiger partial charge in [0.2, 0.25) is 0 Å². The van der Waals surface area contributed by atoms with Crippen LogP contribution in [0.1, 0.15) is 187 Å². The summed E-state index contributed by atoms with van der Waals surface area (Å²) in [7, 11) is 0. The van der Waals surface area contributed by atoms with E-state index in [2.05, 4.69) is 19.1 Å². The van der Waals surface area contributed by atoms with Crippen LogP contribution in [0.2, 0.25) is 0 Å². The molecule has 3 heteroatoms. The Kier molecular flexibility index (Phi) is 32.5. The highest BCUT2D eigenvalue weighted by atomic mass is 16.5. The van der Waals surface area contributed by atoms with Crippen LogP contribution in [-0.4, -0.2) is 24.3 Å². The van der Waals surface area contributed by atoms with Gasteiger partial charge in [-0.2, -0.15) is 0 Å². The van der Waals surface area contributed by atoms with E-state index in [4.69, 9.17) is 9.84 Å². The summed E-state index contributed by atoms with van der Waals surface area (Å²) in [5, 5.41) is 8.77. The average Bonchev–Trinajstić information content (AvgIpc) is 2.90. The first-order valence-corrected chi connectivity index (χ1v) is 16.7. The highest BCUT2D eigenvalue weighted by molar-refractivity contribution is 5.69. The van der Waals surface area contributed by atoms with Crippen LogP contribution >= 0.6 is 0 Å². The van der Waals surface area contributed by atoms with Gasteiger partial charge in [-0.05, 0) is 38.5 Å². The number of aliphatic hydroxyl groups is 1. The fourth-order valence-electron chi connectivity index (χ4n) is 4.92. The van der Waals surface area contributed by atoms with Crippen molar-refractivity contribution < 1.29 is 14.6 Å². The molecule has 220 valence electrons. The van der Waals surface area contributed by atoms with E-state index in [-0.39, 0.29) is 5.97 Å². The number of ether oxygens (including phenoxy) is 1. The lowest BCUT2D eigenvalue weighted by molar-refractivity contribution is -0.143. The summed E-state index contributed by atoms with van der Waals surface area (Å²) >= 11 is 0. The van der Waals surface area contributed by atoms with Crippen LogP contribution < -0.4 is 0 Å². The van der Waals surface area contributed by atoms with Crippen LogP contribution in [0.15, 0.2) is 12.2 Å². The molecule has 0 fully saturated rings. The van der Waals surface area contributed by atoms with Crippen molar-refractivity contribution in [1.82, 2.24) is 0 Å². The molecule has 0 radical (unpaired) electrons. The van der Waals surface area contributed by atoms with Crippen LogP contribution in [-0.2, 0) is 9.53 Å². The monoisotopic (exact) mass is 523 g/mol. The van der Waals surface area contributed by atoms with E-state index < -0.39 is 0 Å². The fourth-order valence-corrected chi connectivity index (χ4v) is 4.92. The minimum Gasteiger partial charge on any atom is -0.466 e. The van der Waals surface area contributed by atoms with Crippen LogP contribution in [0.4, 0.5) is 0 Å². The third-order valence-corrected chi connectivity index (χ3v) is 7.46. The second-order valence-corrected chi connectivity index (χ2v) is 11.2. The number of esters is 1. The highest BCUT2D eigenvalue weighted by Gasteiger charge is 2.02. The van der Waals surface area contributed by atoms with Gasteiger partial charge in [0.15, 0.2) is 0 Å². The Hall–Kier alpha value is -0.830. The summed E-state index contributed by atoms with van der Waals surface area (Å²) in [6.07, 6.45) is 39.9. The van der Waals surface area contributed by atoms with E-state index in [1.165, 1.54) is 148 Å². The molecule has 0 aromatic heterocycles. The number of hydrogen-bond donors (Lipinski definition) is 1. The molecule has 3 nitrogen and oxygen atoms in total. The quantitative estimate of drug-likeness (QED) is 0.0559. The van der Waals surface area contributed by atoms with Crippen molar-refractivity contribution in [1.29, 1.82) is 0 Å². The van der Waals surface area contributed by atoms with Gasteiger partial charge in [0.25, 0.3) is 0 Å². The van der Waals surface area contributed by atoms with Crippen molar-refractivity contribution >= 4 is 5.97 Å². The second-order valence-electron chi connectivity index (χ2n) is 11.2. The standard InChI is InChI=1S/C34H66O3/c1-2-3-4-5-6-7-16-19-22-25-28-31-34(36)37-33-30-27-24-21-18-15-13-11-9-8-10-12-14-17-20-23-26-29-32-35/h5-6,35H,2-4,7-33H2,1H3. The Morgan fingerprint density at radius 1 is 0.514 bits per heavy atom. The molecule has 0 aliphatic heterocycles. The molecule has 0 aromatic carbocycles. The molecule has 37 heavy (non-hydrogen) atoms. The van der Waals surface area contributed by atoms with Crippen molar-refractivity contribution in [2.75, 3.05) is 13.2 Å². The Labute approximate surface area is 232 Å². The Morgan fingerprint density at radius 3 is 1.35 bits per heavy atom. The first kappa shape index (κ1) is 36.2. The number of rotatable bonds is 31. The van der Waals surface area contributed by atoms with Crippen LogP contribution in [0.25, 0.3) is 0 Å². The lowest BCUT2D eigenvalue weighted by atomic mass is 10.0. The van der Waals surface area contributed by atoms with Crippen LogP contribution in [0, 0.1) is 0 Å². The average molecular weight is 523 g/mol. The minimum absolute atomic E-state index is 0.00750. The van der Waals surface area contributed by atoms with Crippen molar-refractivity contribution in [3.05, 3.63) is 12.2 Å². The maximum absolute atomic E-state index is 11.9. The van der Waals surface area contributed by atoms with Crippen molar-refractivity contribution in [2.24, 2.45) is 0 Å². The molecule has 0 unspecified atom stereocenters. The summed E-state index contributed by atoms with van der Waals surface area (Å²) in [4.78, 5) is 11.9. The molecule has 0 saturated carbocycles. The van der Waals surface area contributed by atoms with Gasteiger partial charge >= 0.3 is 5.97 Å². The first-order valence-electron chi connectivity index (χ1n) is 16.7.